The molecule has 0 spiro atoms. The van der Waals surface area contributed by atoms with Gasteiger partial charge in [-0.15, -0.1) is 11.3 Å². The van der Waals surface area contributed by atoms with Crippen molar-refractivity contribution in [3.63, 3.8) is 0 Å². The third-order valence-corrected chi connectivity index (χ3v) is 5.77. The molecule has 5 rings (SSSR count). The lowest BCUT2D eigenvalue weighted by molar-refractivity contribution is -0.192. The summed E-state index contributed by atoms with van der Waals surface area (Å²) in [5.41, 5.74) is 15.2. The van der Waals surface area contributed by atoms with Gasteiger partial charge in [-0.05, 0) is 40.8 Å². The molecule has 0 aliphatic rings. The average Bonchev–Trinajstić information content (AvgIpc) is 3.48. The van der Waals surface area contributed by atoms with E-state index in [4.69, 9.17) is 15.6 Å². The van der Waals surface area contributed by atoms with Crippen molar-refractivity contribution in [1.29, 1.82) is 0 Å². The van der Waals surface area contributed by atoms with E-state index >= 15 is 0 Å². The highest BCUT2D eigenvalue weighted by Crippen LogP contribution is 2.33. The zero-order chi connectivity index (χ0) is 24.5. The molecule has 3 heterocycles. The number of hydrogen-bond acceptors (Lipinski definition) is 6. The van der Waals surface area contributed by atoms with Crippen molar-refractivity contribution < 1.29 is 23.1 Å². The number of carboxylic acids is 1. The van der Waals surface area contributed by atoms with Gasteiger partial charge in [0, 0.05) is 42.1 Å². The largest absolute Gasteiger partial charge is 0.490 e. The standard InChI is InChI=1S/C21H17N5S.C2HF3O2/c1-26-7-4-13-2-3-14(10-19(13)26)16-8-15(20(22)18-11-27-12-25-18)9-17-21(16)24-6-5-23-17;3-2(4,5)1(6)7/h2-12,20H,22H2,1H3;(H,6,7). The van der Waals surface area contributed by atoms with Gasteiger partial charge in [-0.1, -0.05) is 12.1 Å². The van der Waals surface area contributed by atoms with E-state index in [1.165, 1.54) is 10.9 Å². The van der Waals surface area contributed by atoms with Crippen LogP contribution >= 0.6 is 11.3 Å². The Bertz CT molecular complexity index is 1470. The summed E-state index contributed by atoms with van der Waals surface area (Å²) >= 11 is 1.55. The van der Waals surface area contributed by atoms with Crippen LogP contribution in [-0.4, -0.2) is 36.8 Å². The lowest BCUT2D eigenvalue weighted by Gasteiger charge is -2.14. The van der Waals surface area contributed by atoms with E-state index in [0.717, 1.165) is 33.4 Å². The van der Waals surface area contributed by atoms with Crippen LogP contribution in [0.25, 0.3) is 33.1 Å². The molecule has 174 valence electrons. The quantitative estimate of drug-likeness (QED) is 0.375. The van der Waals surface area contributed by atoms with Gasteiger partial charge in [-0.3, -0.25) is 9.97 Å². The smallest absolute Gasteiger partial charge is 0.475 e. The van der Waals surface area contributed by atoms with E-state index in [-0.39, 0.29) is 6.04 Å². The molecule has 5 aromatic rings. The number of thiazole rings is 1. The molecule has 0 radical (unpaired) electrons. The molecule has 34 heavy (non-hydrogen) atoms. The maximum Gasteiger partial charge on any atom is 0.490 e. The van der Waals surface area contributed by atoms with Gasteiger partial charge in [0.25, 0.3) is 0 Å². The molecule has 0 aliphatic carbocycles. The molecule has 0 amide bonds. The number of alkyl halides is 3. The molecule has 1 atom stereocenters. The summed E-state index contributed by atoms with van der Waals surface area (Å²) in [7, 11) is 2.05. The van der Waals surface area contributed by atoms with Crippen molar-refractivity contribution in [1.82, 2.24) is 19.5 Å². The van der Waals surface area contributed by atoms with Gasteiger partial charge in [0.15, 0.2) is 0 Å². The zero-order valence-corrected chi connectivity index (χ0v) is 18.5. The zero-order valence-electron chi connectivity index (χ0n) is 17.7. The van der Waals surface area contributed by atoms with E-state index < -0.39 is 12.1 Å². The van der Waals surface area contributed by atoms with Gasteiger partial charge >= 0.3 is 12.1 Å². The number of aromatic nitrogens is 4. The summed E-state index contributed by atoms with van der Waals surface area (Å²) in [4.78, 5) is 22.4. The molecule has 0 aliphatic heterocycles. The first-order valence-electron chi connectivity index (χ1n) is 9.89. The Hall–Kier alpha value is -3.83. The van der Waals surface area contributed by atoms with Crippen LogP contribution in [0.15, 0.2) is 65.9 Å². The van der Waals surface area contributed by atoms with Gasteiger partial charge in [0.1, 0.15) is 0 Å². The number of rotatable bonds is 3. The lowest BCUT2D eigenvalue weighted by Crippen LogP contribution is -2.21. The molecule has 0 saturated heterocycles. The molecule has 2 aromatic carbocycles. The maximum atomic E-state index is 10.6. The summed E-state index contributed by atoms with van der Waals surface area (Å²) in [6.07, 6.45) is 0.429. The molecule has 1 unspecified atom stereocenters. The van der Waals surface area contributed by atoms with Crippen LogP contribution in [-0.2, 0) is 11.8 Å². The minimum atomic E-state index is -5.08. The van der Waals surface area contributed by atoms with Crippen molar-refractivity contribution in [3.8, 4) is 11.1 Å². The van der Waals surface area contributed by atoms with E-state index in [1.54, 1.807) is 29.2 Å². The van der Waals surface area contributed by atoms with Crippen molar-refractivity contribution >= 4 is 39.2 Å². The molecule has 3 N–H and O–H groups in total. The Morgan fingerprint density at radius 2 is 1.85 bits per heavy atom. The maximum absolute atomic E-state index is 10.6. The van der Waals surface area contributed by atoms with E-state index in [0.29, 0.717) is 0 Å². The number of aryl methyl sites for hydroxylation is 1. The fourth-order valence-electron chi connectivity index (χ4n) is 3.47. The first-order chi connectivity index (χ1) is 16.1. The van der Waals surface area contributed by atoms with Crippen LogP contribution < -0.4 is 5.73 Å². The number of hydrogen-bond donors (Lipinski definition) is 2. The van der Waals surface area contributed by atoms with Gasteiger partial charge in [-0.2, -0.15) is 13.2 Å². The van der Waals surface area contributed by atoms with Crippen LogP contribution in [0, 0.1) is 0 Å². The molecule has 7 nitrogen and oxygen atoms in total. The number of carbonyl (C=O) groups is 1. The second kappa shape index (κ2) is 9.20. The predicted molar refractivity (Wildman–Crippen MR) is 123 cm³/mol. The molecule has 0 fully saturated rings. The first kappa shape index (κ1) is 23.3. The molecular weight excluding hydrogens is 467 g/mol. The Morgan fingerprint density at radius 3 is 2.53 bits per heavy atom. The third kappa shape index (κ3) is 4.75. The Labute approximate surface area is 195 Å². The van der Waals surface area contributed by atoms with Crippen LogP contribution in [0.5, 0.6) is 0 Å². The molecule has 11 heteroatoms. The highest BCUT2D eigenvalue weighted by Gasteiger charge is 2.38. The van der Waals surface area contributed by atoms with Crippen molar-refractivity contribution in [3.05, 3.63) is 77.1 Å². The Morgan fingerprint density at radius 1 is 1.12 bits per heavy atom. The summed E-state index contributed by atoms with van der Waals surface area (Å²) in [5, 5.41) is 10.3. The van der Waals surface area contributed by atoms with Gasteiger partial charge < -0.3 is 15.4 Å². The van der Waals surface area contributed by atoms with Crippen molar-refractivity contribution in [2.75, 3.05) is 0 Å². The summed E-state index contributed by atoms with van der Waals surface area (Å²) in [6.45, 7) is 0. The summed E-state index contributed by atoms with van der Waals surface area (Å²) in [6, 6.07) is 12.4. The number of nitrogens with zero attached hydrogens (tertiary/aromatic N) is 4. The lowest BCUT2D eigenvalue weighted by atomic mass is 9.96. The second-order valence-electron chi connectivity index (χ2n) is 7.39. The first-order valence-corrected chi connectivity index (χ1v) is 10.8. The average molecular weight is 485 g/mol. The van der Waals surface area contributed by atoms with Crippen LogP contribution in [0.4, 0.5) is 13.2 Å². The number of halogens is 3. The number of benzene rings is 2. The minimum absolute atomic E-state index is 0.292. The SMILES string of the molecule is Cn1ccc2ccc(-c3cc(C(N)c4cscn4)cc4nccnc34)cc21.O=C(O)C(F)(F)F. The second-order valence-corrected chi connectivity index (χ2v) is 8.11. The number of nitrogens with two attached hydrogens (primary N) is 1. The minimum Gasteiger partial charge on any atom is -0.475 e. The van der Waals surface area contributed by atoms with E-state index in [2.05, 4.69) is 63.1 Å². The third-order valence-electron chi connectivity index (χ3n) is 5.17. The predicted octanol–water partition coefficient (Wildman–Crippen LogP) is 4.93. The number of aliphatic carboxylic acids is 1. The number of fused-ring (bicyclic) bond motifs is 2. The molecule has 3 aromatic heterocycles. The van der Waals surface area contributed by atoms with Gasteiger partial charge in [0.05, 0.1) is 28.3 Å². The summed E-state index contributed by atoms with van der Waals surface area (Å²) in [5.74, 6) is -2.76. The molecule has 0 saturated carbocycles. The fraction of sp³-hybridized carbons (Fsp3) is 0.130. The topological polar surface area (TPSA) is 107 Å². The van der Waals surface area contributed by atoms with Crippen LogP contribution in [0.2, 0.25) is 0 Å². The Kier molecular flexibility index (Phi) is 6.31. The Balaban J connectivity index is 0.000000344. The highest BCUT2D eigenvalue weighted by molar-refractivity contribution is 7.07. The molecular formula is C23H18F3N5O2S. The monoisotopic (exact) mass is 485 g/mol. The van der Waals surface area contributed by atoms with Crippen molar-refractivity contribution in [2.24, 2.45) is 12.8 Å². The summed E-state index contributed by atoms with van der Waals surface area (Å²) < 4.78 is 33.9. The van der Waals surface area contributed by atoms with Gasteiger partial charge in [-0.25, -0.2) is 9.78 Å². The highest BCUT2D eigenvalue weighted by atomic mass is 32.1. The van der Waals surface area contributed by atoms with Gasteiger partial charge in [0.2, 0.25) is 0 Å². The van der Waals surface area contributed by atoms with E-state index in [1.807, 2.05) is 11.4 Å². The fourth-order valence-corrected chi connectivity index (χ4v) is 4.06. The van der Waals surface area contributed by atoms with E-state index in [9.17, 15) is 13.2 Å². The van der Waals surface area contributed by atoms with Crippen LogP contribution in [0.1, 0.15) is 17.3 Å². The van der Waals surface area contributed by atoms with Crippen molar-refractivity contribution in [2.45, 2.75) is 12.2 Å². The normalized spacial score (nSPS) is 12.4. The number of carboxylic acid groups (broad SMARTS) is 1. The van der Waals surface area contributed by atoms with Crippen LogP contribution in [0.3, 0.4) is 0 Å². The molecule has 0 bridgehead atoms.